The number of nitrogens with zero attached hydrogens (tertiary/aromatic N) is 1. The number of hydrogen-bond donors (Lipinski definition) is 3. The number of urea groups is 1. The summed E-state index contributed by atoms with van der Waals surface area (Å²) in [5, 5.41) is 14.6. The first kappa shape index (κ1) is 17.3. The molecule has 0 aliphatic heterocycles. The van der Waals surface area contributed by atoms with E-state index in [4.69, 9.17) is 9.52 Å². The lowest BCUT2D eigenvalue weighted by Gasteiger charge is -2.42. The van der Waals surface area contributed by atoms with Crippen molar-refractivity contribution in [3.8, 4) is 0 Å². The van der Waals surface area contributed by atoms with Crippen molar-refractivity contribution < 1.29 is 19.1 Å². The summed E-state index contributed by atoms with van der Waals surface area (Å²) < 4.78 is 5.49. The number of carbonyl (C=O) groups excluding carboxylic acids is 1. The van der Waals surface area contributed by atoms with Crippen LogP contribution in [0.15, 0.2) is 16.5 Å². The quantitative estimate of drug-likeness (QED) is 0.712. The van der Waals surface area contributed by atoms with Crippen LogP contribution < -0.4 is 10.6 Å². The minimum absolute atomic E-state index is 0.0506. The van der Waals surface area contributed by atoms with Crippen LogP contribution in [0.4, 0.5) is 4.79 Å². The fourth-order valence-corrected chi connectivity index (χ4v) is 2.86. The number of aliphatic carboxylic acids is 1. The third kappa shape index (κ3) is 4.72. The van der Waals surface area contributed by atoms with Gasteiger partial charge in [0.05, 0.1) is 12.6 Å². The molecule has 1 atom stereocenters. The number of amides is 2. The molecule has 1 fully saturated rings. The van der Waals surface area contributed by atoms with Crippen molar-refractivity contribution in [1.29, 1.82) is 0 Å². The third-order valence-corrected chi connectivity index (χ3v) is 4.24. The normalized spacial score (nSPS) is 21.6. The summed E-state index contributed by atoms with van der Waals surface area (Å²) in [6.07, 6.45) is 1.56. The molecule has 0 bridgehead atoms. The lowest BCUT2D eigenvalue weighted by atomic mass is 9.85. The number of rotatable bonds is 7. The summed E-state index contributed by atoms with van der Waals surface area (Å²) in [5.74, 6) is 0.723. The van der Waals surface area contributed by atoms with Crippen molar-refractivity contribution in [2.24, 2.45) is 0 Å². The van der Waals surface area contributed by atoms with Gasteiger partial charge in [0, 0.05) is 12.1 Å². The summed E-state index contributed by atoms with van der Waals surface area (Å²) in [7, 11) is 0. The number of carboxylic acid groups (broad SMARTS) is 1. The van der Waals surface area contributed by atoms with Gasteiger partial charge in [-0.05, 0) is 45.4 Å². The van der Waals surface area contributed by atoms with Crippen molar-refractivity contribution in [1.82, 2.24) is 15.5 Å². The number of likely N-dealkylation sites (N-methyl/N-ethyl adjacent to an activating group) is 1. The molecule has 1 aliphatic carbocycles. The number of furan rings is 1. The van der Waals surface area contributed by atoms with Crippen LogP contribution in [0.25, 0.3) is 0 Å². The topological polar surface area (TPSA) is 94.8 Å². The predicted molar refractivity (Wildman–Crippen MR) is 85.2 cm³/mol. The molecule has 2 rings (SSSR count). The van der Waals surface area contributed by atoms with Crippen molar-refractivity contribution in [3.63, 3.8) is 0 Å². The Kier molecular flexibility index (Phi) is 5.65. The molecule has 1 aromatic heterocycles. The minimum atomic E-state index is -0.816. The average Bonchev–Trinajstić information content (AvgIpc) is 2.86. The Morgan fingerprint density at radius 3 is 2.65 bits per heavy atom. The number of carbonyl (C=O) groups is 2. The van der Waals surface area contributed by atoms with Crippen LogP contribution in [-0.4, -0.2) is 47.2 Å². The first-order chi connectivity index (χ1) is 10.9. The standard InChI is InChI=1S/C16H25N3O4/c1-4-19(9-15(20)21)13-7-12(8-13)18-16(22)17-11(3)14-6-5-10(2)23-14/h5-6,11-13H,4,7-9H2,1-3H3,(H,20,21)(H2,17,18,22). The van der Waals surface area contributed by atoms with Crippen LogP contribution in [0, 0.1) is 6.92 Å². The second kappa shape index (κ2) is 7.50. The second-order valence-corrected chi connectivity index (χ2v) is 6.07. The van der Waals surface area contributed by atoms with Crippen molar-refractivity contribution in [2.75, 3.05) is 13.1 Å². The van der Waals surface area contributed by atoms with E-state index in [-0.39, 0.29) is 30.7 Å². The van der Waals surface area contributed by atoms with E-state index in [1.165, 1.54) is 0 Å². The molecule has 1 unspecified atom stereocenters. The monoisotopic (exact) mass is 323 g/mol. The Morgan fingerprint density at radius 1 is 1.43 bits per heavy atom. The molecule has 3 N–H and O–H groups in total. The maximum absolute atomic E-state index is 12.0. The lowest BCUT2D eigenvalue weighted by Crippen LogP contribution is -2.56. The Labute approximate surface area is 136 Å². The third-order valence-electron chi connectivity index (χ3n) is 4.24. The van der Waals surface area contributed by atoms with E-state index < -0.39 is 5.97 Å². The molecular weight excluding hydrogens is 298 g/mol. The first-order valence-corrected chi connectivity index (χ1v) is 7.98. The highest BCUT2D eigenvalue weighted by Gasteiger charge is 2.34. The second-order valence-electron chi connectivity index (χ2n) is 6.07. The molecule has 0 saturated heterocycles. The molecular formula is C16H25N3O4. The zero-order chi connectivity index (χ0) is 17.0. The van der Waals surface area contributed by atoms with E-state index in [9.17, 15) is 9.59 Å². The van der Waals surface area contributed by atoms with Gasteiger partial charge in [-0.3, -0.25) is 9.69 Å². The fraction of sp³-hybridized carbons (Fsp3) is 0.625. The molecule has 7 heteroatoms. The van der Waals surface area contributed by atoms with Gasteiger partial charge in [-0.2, -0.15) is 0 Å². The Bertz CT molecular complexity index is 551. The number of carboxylic acids is 1. The van der Waals surface area contributed by atoms with Crippen LogP contribution in [0.1, 0.15) is 44.3 Å². The molecule has 1 aliphatic rings. The maximum atomic E-state index is 12.0. The Balaban J connectivity index is 1.72. The zero-order valence-corrected chi connectivity index (χ0v) is 13.8. The van der Waals surface area contributed by atoms with Gasteiger partial charge in [0.1, 0.15) is 11.5 Å². The molecule has 1 heterocycles. The van der Waals surface area contributed by atoms with Gasteiger partial charge in [-0.15, -0.1) is 0 Å². The van der Waals surface area contributed by atoms with E-state index in [2.05, 4.69) is 10.6 Å². The molecule has 1 aromatic rings. The molecule has 128 valence electrons. The fourth-order valence-electron chi connectivity index (χ4n) is 2.86. The molecule has 2 amide bonds. The van der Waals surface area contributed by atoms with Crippen LogP contribution in [0.3, 0.4) is 0 Å². The Hall–Kier alpha value is -2.02. The SMILES string of the molecule is CCN(CC(=O)O)C1CC(NC(=O)NC(C)c2ccc(C)o2)C1. The smallest absolute Gasteiger partial charge is 0.317 e. The molecule has 0 aromatic carbocycles. The highest BCUT2D eigenvalue weighted by molar-refractivity contribution is 5.74. The van der Waals surface area contributed by atoms with E-state index in [1.807, 2.05) is 37.8 Å². The van der Waals surface area contributed by atoms with E-state index in [0.29, 0.717) is 6.54 Å². The van der Waals surface area contributed by atoms with Gasteiger partial charge in [0.25, 0.3) is 0 Å². The van der Waals surface area contributed by atoms with Crippen molar-refractivity contribution in [2.45, 2.75) is 51.7 Å². The van der Waals surface area contributed by atoms with Crippen molar-refractivity contribution >= 4 is 12.0 Å². The summed E-state index contributed by atoms with van der Waals surface area (Å²) in [6.45, 7) is 6.43. The largest absolute Gasteiger partial charge is 0.480 e. The van der Waals surface area contributed by atoms with Gasteiger partial charge in [-0.1, -0.05) is 6.92 Å². The molecule has 1 saturated carbocycles. The zero-order valence-electron chi connectivity index (χ0n) is 13.8. The summed E-state index contributed by atoms with van der Waals surface area (Å²) in [4.78, 5) is 24.7. The predicted octanol–water partition coefficient (Wildman–Crippen LogP) is 1.89. The van der Waals surface area contributed by atoms with Gasteiger partial charge in [-0.25, -0.2) is 4.79 Å². The average molecular weight is 323 g/mol. The van der Waals surface area contributed by atoms with E-state index in [0.717, 1.165) is 24.4 Å². The van der Waals surface area contributed by atoms with Crippen LogP contribution in [-0.2, 0) is 4.79 Å². The maximum Gasteiger partial charge on any atom is 0.317 e. The summed E-state index contributed by atoms with van der Waals surface area (Å²) in [5.41, 5.74) is 0. The van der Waals surface area contributed by atoms with Gasteiger partial charge in [0.2, 0.25) is 0 Å². The van der Waals surface area contributed by atoms with Crippen molar-refractivity contribution in [3.05, 3.63) is 23.7 Å². The molecule has 23 heavy (non-hydrogen) atoms. The first-order valence-electron chi connectivity index (χ1n) is 7.98. The molecule has 0 radical (unpaired) electrons. The van der Waals surface area contributed by atoms with Crippen LogP contribution in [0.2, 0.25) is 0 Å². The van der Waals surface area contributed by atoms with Gasteiger partial charge in [0.15, 0.2) is 0 Å². The number of hydrogen-bond acceptors (Lipinski definition) is 4. The number of nitrogens with one attached hydrogen (secondary N) is 2. The van der Waals surface area contributed by atoms with Gasteiger partial charge < -0.3 is 20.2 Å². The lowest BCUT2D eigenvalue weighted by molar-refractivity contribution is -0.139. The van der Waals surface area contributed by atoms with Crippen LogP contribution >= 0.6 is 0 Å². The van der Waals surface area contributed by atoms with E-state index >= 15 is 0 Å². The molecule has 0 spiro atoms. The highest BCUT2D eigenvalue weighted by atomic mass is 16.4. The minimum Gasteiger partial charge on any atom is -0.480 e. The Morgan fingerprint density at radius 2 is 2.13 bits per heavy atom. The van der Waals surface area contributed by atoms with E-state index in [1.54, 1.807) is 0 Å². The van der Waals surface area contributed by atoms with Gasteiger partial charge >= 0.3 is 12.0 Å². The molecule has 7 nitrogen and oxygen atoms in total. The number of aryl methyl sites for hydroxylation is 1. The summed E-state index contributed by atoms with van der Waals surface area (Å²) >= 11 is 0. The van der Waals surface area contributed by atoms with Crippen LogP contribution in [0.5, 0.6) is 0 Å². The highest BCUT2D eigenvalue weighted by Crippen LogP contribution is 2.25. The summed E-state index contributed by atoms with van der Waals surface area (Å²) in [6, 6.07) is 3.61.